The molecule has 0 saturated heterocycles. The lowest BCUT2D eigenvalue weighted by molar-refractivity contribution is 0.294. The third kappa shape index (κ3) is 10.4. The van der Waals surface area contributed by atoms with Gasteiger partial charge >= 0.3 is 0 Å². The van der Waals surface area contributed by atoms with E-state index in [4.69, 9.17) is 0 Å². The molecule has 0 heterocycles. The fraction of sp³-hybridized carbons (Fsp3) is 0.586. The average molecular weight is 389 g/mol. The second kappa shape index (κ2) is 15.0. The van der Waals surface area contributed by atoms with Gasteiger partial charge in [0.25, 0.3) is 0 Å². The number of rotatable bonds is 9. The highest BCUT2D eigenvalue weighted by Gasteiger charge is 2.19. The zero-order valence-corrected chi connectivity index (χ0v) is 18.8. The van der Waals surface area contributed by atoms with Crippen LogP contribution in [0.15, 0.2) is 36.4 Å². The molecule has 1 aromatic rings. The van der Waals surface area contributed by atoms with Crippen LogP contribution >= 0.6 is 0 Å². The van der Waals surface area contributed by atoms with Gasteiger partial charge in [-0.3, -0.25) is 0 Å². The summed E-state index contributed by atoms with van der Waals surface area (Å²) in [6, 6.07) is 8.72. The molecule has 0 spiro atoms. The summed E-state index contributed by atoms with van der Waals surface area (Å²) in [7, 11) is 0. The molecule has 0 N–H and O–H groups in total. The second-order valence-electron chi connectivity index (χ2n) is 8.61. The van der Waals surface area contributed by atoms with Gasteiger partial charge in [0.15, 0.2) is 0 Å². The van der Waals surface area contributed by atoms with Crippen molar-refractivity contribution in [2.75, 3.05) is 0 Å². The largest absolute Gasteiger partial charge is 0.0951 e. The molecule has 1 aromatic carbocycles. The van der Waals surface area contributed by atoms with E-state index in [2.05, 4.69) is 61.8 Å². The first-order chi connectivity index (χ1) is 14.3. The highest BCUT2D eigenvalue weighted by molar-refractivity contribution is 5.39. The summed E-state index contributed by atoms with van der Waals surface area (Å²) in [6.07, 6.45) is 21.2. The maximum absolute atomic E-state index is 3.44. The molecule has 0 radical (unpaired) electrons. The molecule has 0 amide bonds. The van der Waals surface area contributed by atoms with Crippen molar-refractivity contribution < 1.29 is 0 Å². The Morgan fingerprint density at radius 2 is 1.48 bits per heavy atom. The molecule has 0 aromatic heterocycles. The average Bonchev–Trinajstić information content (AvgIpc) is 2.76. The van der Waals surface area contributed by atoms with E-state index in [0.717, 1.165) is 11.5 Å². The summed E-state index contributed by atoms with van der Waals surface area (Å²) in [5, 5.41) is 0. The minimum Gasteiger partial charge on any atom is -0.0951 e. The smallest absolute Gasteiger partial charge is 0.0249 e. The van der Waals surface area contributed by atoms with Crippen LogP contribution in [0.2, 0.25) is 0 Å². The van der Waals surface area contributed by atoms with Crippen LogP contribution in [0.1, 0.15) is 102 Å². The van der Waals surface area contributed by atoms with Gasteiger partial charge in [-0.05, 0) is 74.3 Å². The van der Waals surface area contributed by atoms with E-state index in [1.165, 1.54) is 89.0 Å². The molecular weight excluding hydrogens is 348 g/mol. The summed E-state index contributed by atoms with van der Waals surface area (Å²) in [5.74, 6) is 14.6. The van der Waals surface area contributed by atoms with Crippen LogP contribution in [0.25, 0.3) is 0 Å². The summed E-state index contributed by atoms with van der Waals surface area (Å²) >= 11 is 0. The molecule has 0 nitrogen and oxygen atoms in total. The van der Waals surface area contributed by atoms with Gasteiger partial charge in [0.2, 0.25) is 0 Å². The minimum atomic E-state index is 0.597. The molecule has 0 heteroatoms. The molecule has 2 rings (SSSR count). The third-order valence-electron chi connectivity index (χ3n) is 6.09. The van der Waals surface area contributed by atoms with E-state index < -0.39 is 0 Å². The Bertz CT molecular complexity index is 690. The quantitative estimate of drug-likeness (QED) is 0.296. The third-order valence-corrected chi connectivity index (χ3v) is 6.09. The standard InChI is InChI=1S/C29H40/c1-3-5-7-11-15-27-22-24-29(25-23-27)17-13-9-8-12-16-28-20-18-26(19-21-28)14-10-6-4-2/h8-9,22-26,28H,3-7,10-11,14-15,18-21H2,1-2H3/b9-8+/t26-,28-. The molecule has 0 bridgehead atoms. The van der Waals surface area contributed by atoms with E-state index >= 15 is 0 Å². The van der Waals surface area contributed by atoms with E-state index in [1.807, 2.05) is 12.2 Å². The molecular formula is C29H40. The highest BCUT2D eigenvalue weighted by Crippen LogP contribution is 2.31. The second-order valence-corrected chi connectivity index (χ2v) is 8.61. The molecule has 1 aliphatic carbocycles. The number of benzene rings is 1. The molecule has 0 atom stereocenters. The van der Waals surface area contributed by atoms with Gasteiger partial charge in [0, 0.05) is 11.5 Å². The van der Waals surface area contributed by atoms with Crippen molar-refractivity contribution in [2.24, 2.45) is 11.8 Å². The van der Waals surface area contributed by atoms with Gasteiger partial charge in [0.1, 0.15) is 0 Å². The van der Waals surface area contributed by atoms with Crippen LogP contribution in [0.3, 0.4) is 0 Å². The summed E-state index contributed by atoms with van der Waals surface area (Å²) in [5.41, 5.74) is 2.51. The number of hydrogen-bond acceptors (Lipinski definition) is 0. The Morgan fingerprint density at radius 3 is 2.21 bits per heavy atom. The van der Waals surface area contributed by atoms with E-state index in [-0.39, 0.29) is 0 Å². The Balaban J connectivity index is 1.67. The lowest BCUT2D eigenvalue weighted by atomic mass is 9.80. The fourth-order valence-corrected chi connectivity index (χ4v) is 4.16. The van der Waals surface area contributed by atoms with E-state index in [1.54, 1.807) is 0 Å². The highest BCUT2D eigenvalue weighted by atomic mass is 14.2. The molecule has 156 valence electrons. The van der Waals surface area contributed by atoms with Crippen LogP contribution in [0.5, 0.6) is 0 Å². The van der Waals surface area contributed by atoms with Crippen LogP contribution < -0.4 is 0 Å². The van der Waals surface area contributed by atoms with Crippen molar-refractivity contribution in [3.05, 3.63) is 47.5 Å². The summed E-state index contributed by atoms with van der Waals surface area (Å²) in [6.45, 7) is 4.55. The number of allylic oxidation sites excluding steroid dienone is 2. The first kappa shape index (κ1) is 23.4. The Morgan fingerprint density at radius 1 is 0.793 bits per heavy atom. The lowest BCUT2D eigenvalue weighted by Gasteiger charge is -2.25. The van der Waals surface area contributed by atoms with Crippen LogP contribution in [0.4, 0.5) is 0 Å². The SMILES string of the molecule is CCCCCCc1ccc(C#C/C=C/C#C[C@H]2CC[C@H](CCCCC)CC2)cc1. The van der Waals surface area contributed by atoms with E-state index in [0.29, 0.717) is 5.92 Å². The van der Waals surface area contributed by atoms with Crippen LogP contribution in [-0.2, 0) is 6.42 Å². The first-order valence-electron chi connectivity index (χ1n) is 12.1. The molecule has 1 aliphatic rings. The van der Waals surface area contributed by atoms with Gasteiger partial charge < -0.3 is 0 Å². The van der Waals surface area contributed by atoms with Gasteiger partial charge in [-0.15, -0.1) is 0 Å². The Hall–Kier alpha value is -1.92. The molecule has 0 aliphatic heterocycles. The maximum atomic E-state index is 3.44. The van der Waals surface area contributed by atoms with E-state index in [9.17, 15) is 0 Å². The number of unbranched alkanes of at least 4 members (excludes halogenated alkanes) is 5. The van der Waals surface area contributed by atoms with Crippen molar-refractivity contribution in [3.8, 4) is 23.7 Å². The number of hydrogen-bond donors (Lipinski definition) is 0. The van der Waals surface area contributed by atoms with Crippen molar-refractivity contribution >= 4 is 0 Å². The molecule has 1 saturated carbocycles. The maximum Gasteiger partial charge on any atom is 0.0249 e. The first-order valence-corrected chi connectivity index (χ1v) is 12.1. The summed E-state index contributed by atoms with van der Waals surface area (Å²) < 4.78 is 0. The van der Waals surface area contributed by atoms with Gasteiger partial charge in [-0.2, -0.15) is 0 Å². The topological polar surface area (TPSA) is 0 Å². The Kier molecular flexibility index (Phi) is 12.1. The lowest BCUT2D eigenvalue weighted by Crippen LogP contribution is -2.13. The molecule has 29 heavy (non-hydrogen) atoms. The zero-order valence-electron chi connectivity index (χ0n) is 18.8. The van der Waals surface area contributed by atoms with Gasteiger partial charge in [-0.25, -0.2) is 0 Å². The summed E-state index contributed by atoms with van der Waals surface area (Å²) in [4.78, 5) is 0. The zero-order chi connectivity index (χ0) is 20.6. The van der Waals surface area contributed by atoms with Gasteiger partial charge in [0.05, 0.1) is 0 Å². The van der Waals surface area contributed by atoms with Crippen molar-refractivity contribution in [2.45, 2.75) is 97.3 Å². The van der Waals surface area contributed by atoms with Gasteiger partial charge in [-0.1, -0.05) is 94.6 Å². The van der Waals surface area contributed by atoms with Crippen LogP contribution in [0, 0.1) is 35.5 Å². The van der Waals surface area contributed by atoms with Crippen molar-refractivity contribution in [1.82, 2.24) is 0 Å². The van der Waals surface area contributed by atoms with Crippen molar-refractivity contribution in [1.29, 1.82) is 0 Å². The normalized spacial score (nSPS) is 18.7. The molecule has 0 unspecified atom stereocenters. The predicted molar refractivity (Wildman–Crippen MR) is 128 cm³/mol. The van der Waals surface area contributed by atoms with Crippen molar-refractivity contribution in [3.63, 3.8) is 0 Å². The Labute approximate surface area is 180 Å². The monoisotopic (exact) mass is 388 g/mol. The fourth-order valence-electron chi connectivity index (χ4n) is 4.16. The molecule has 1 fully saturated rings. The minimum absolute atomic E-state index is 0.597. The number of aryl methyl sites for hydroxylation is 1. The van der Waals surface area contributed by atoms with Crippen LogP contribution in [-0.4, -0.2) is 0 Å². The predicted octanol–water partition coefficient (Wildman–Crippen LogP) is 8.11.